The van der Waals surface area contributed by atoms with Crippen molar-refractivity contribution in [1.82, 2.24) is 4.98 Å². The van der Waals surface area contributed by atoms with Crippen LogP contribution in [-0.2, 0) is 0 Å². The van der Waals surface area contributed by atoms with Crippen LogP contribution in [0.1, 0.15) is 16.7 Å². The molecule has 164 valence electrons. The Balaban J connectivity index is 0.000000160. The molecule has 9 nitrogen and oxygen atoms in total. The molecular formula is C24H23N9. The molecule has 1 heterocycles. The summed E-state index contributed by atoms with van der Waals surface area (Å²) in [5.74, 6) is 10.2. The number of H-pyrrole nitrogens is 1. The summed E-state index contributed by atoms with van der Waals surface area (Å²) in [6, 6.07) is 20.3. The minimum atomic E-state index is 0.0558. The Morgan fingerprint density at radius 3 is 2.36 bits per heavy atom. The van der Waals surface area contributed by atoms with Crippen molar-refractivity contribution in [2.45, 2.75) is 0 Å². The number of hydrogen-bond donors (Lipinski definition) is 5. The van der Waals surface area contributed by atoms with Crippen LogP contribution in [0.5, 0.6) is 0 Å². The molecule has 3 aromatic carbocycles. The topological polar surface area (TPSA) is 169 Å². The van der Waals surface area contributed by atoms with Gasteiger partial charge >= 0.3 is 0 Å². The van der Waals surface area contributed by atoms with E-state index in [-0.39, 0.29) is 11.9 Å². The molecule has 0 bridgehead atoms. The van der Waals surface area contributed by atoms with Crippen molar-refractivity contribution in [3.63, 3.8) is 0 Å². The van der Waals surface area contributed by atoms with E-state index in [1.165, 1.54) is 16.3 Å². The van der Waals surface area contributed by atoms with E-state index in [1.807, 2.05) is 60.8 Å². The number of para-hydroxylation sites is 1. The van der Waals surface area contributed by atoms with Crippen LogP contribution < -0.4 is 23.2 Å². The van der Waals surface area contributed by atoms with Crippen LogP contribution in [0.3, 0.4) is 0 Å². The second kappa shape index (κ2) is 9.48. The van der Waals surface area contributed by atoms with Gasteiger partial charge in [-0.05, 0) is 28.5 Å². The van der Waals surface area contributed by atoms with Crippen molar-refractivity contribution in [3.8, 4) is 0 Å². The Hall–Kier alpha value is -4.92. The van der Waals surface area contributed by atoms with Crippen LogP contribution in [-0.4, -0.2) is 28.8 Å². The highest BCUT2D eigenvalue weighted by molar-refractivity contribution is 6.24. The van der Waals surface area contributed by atoms with Crippen molar-refractivity contribution in [3.05, 3.63) is 89.6 Å². The minimum absolute atomic E-state index is 0.0558. The smallest absolute Gasteiger partial charge is 0.237 e. The van der Waals surface area contributed by atoms with Crippen LogP contribution in [0.4, 0.5) is 0 Å². The lowest BCUT2D eigenvalue weighted by Gasteiger charge is -2.13. The van der Waals surface area contributed by atoms with Gasteiger partial charge in [0.15, 0.2) is 0 Å². The predicted octanol–water partition coefficient (Wildman–Crippen LogP) is 2.62. The number of benzene rings is 3. The van der Waals surface area contributed by atoms with E-state index in [1.54, 1.807) is 6.21 Å². The van der Waals surface area contributed by atoms with Gasteiger partial charge in [-0.15, -0.1) is 10.2 Å². The molecule has 0 saturated heterocycles. The molecular weight excluding hydrogens is 414 g/mol. The van der Waals surface area contributed by atoms with Gasteiger partial charge in [-0.25, -0.2) is 9.98 Å². The molecule has 0 aliphatic heterocycles. The number of nitrogens with zero attached hydrogens (tertiary/aromatic N) is 4. The number of fused-ring (bicyclic) bond motifs is 1. The van der Waals surface area contributed by atoms with Crippen molar-refractivity contribution in [2.24, 2.45) is 43.3 Å². The number of guanidine groups is 2. The molecule has 9 N–H and O–H groups in total. The van der Waals surface area contributed by atoms with E-state index in [4.69, 9.17) is 23.2 Å². The van der Waals surface area contributed by atoms with Gasteiger partial charge < -0.3 is 28.1 Å². The lowest BCUT2D eigenvalue weighted by molar-refractivity contribution is 1.21. The first-order chi connectivity index (χ1) is 16.1. The molecule has 1 aromatic heterocycles. The third-order valence-electron chi connectivity index (χ3n) is 5.09. The van der Waals surface area contributed by atoms with E-state index in [0.717, 1.165) is 27.7 Å². The van der Waals surface area contributed by atoms with E-state index in [2.05, 4.69) is 43.4 Å². The van der Waals surface area contributed by atoms with Gasteiger partial charge in [-0.2, -0.15) is 0 Å². The predicted molar refractivity (Wildman–Crippen MR) is 137 cm³/mol. The van der Waals surface area contributed by atoms with Crippen molar-refractivity contribution in [2.75, 3.05) is 0 Å². The standard InChI is InChI=1S/C14H12N4.C10H11N5/c15-14(18-16)17-12-8-7-10-4-1-3-9-5-2-6-11(12)13(9)10;11-10(15-12)14-6-7-5-13-9-4-2-1-3-8(7)9/h1-8H,16H2,(H2,15,18);1-6,13H,12H2,(H2,11,15). The highest BCUT2D eigenvalue weighted by Gasteiger charge is 2.13. The fraction of sp³-hybridized carbons (Fsp3) is 0. The first-order valence-corrected chi connectivity index (χ1v) is 10.1. The number of allylic oxidation sites excluding steroid dienone is 1. The maximum Gasteiger partial charge on any atom is 0.237 e. The Kier molecular flexibility index (Phi) is 6.12. The van der Waals surface area contributed by atoms with E-state index in [9.17, 15) is 0 Å². The molecule has 0 radical (unpaired) electrons. The SMILES string of the molecule is NN=C(N)N=C1C=Cc2cccc3cccc1c23.NN=C(N)N=Cc1c[nH]c2ccccc12. The molecule has 5 rings (SSSR count). The molecule has 0 spiro atoms. The number of aromatic nitrogens is 1. The Bertz CT molecular complexity index is 1450. The zero-order chi connectivity index (χ0) is 23.2. The normalized spacial score (nSPS) is 14.7. The highest BCUT2D eigenvalue weighted by atomic mass is 15.2. The van der Waals surface area contributed by atoms with Crippen molar-refractivity contribution < 1.29 is 0 Å². The molecule has 9 heteroatoms. The summed E-state index contributed by atoms with van der Waals surface area (Å²) in [7, 11) is 0. The fourth-order valence-corrected chi connectivity index (χ4v) is 3.60. The molecule has 0 atom stereocenters. The zero-order valence-corrected chi connectivity index (χ0v) is 17.7. The second-order valence-corrected chi connectivity index (χ2v) is 7.10. The van der Waals surface area contributed by atoms with E-state index in [0.29, 0.717) is 0 Å². The third-order valence-corrected chi connectivity index (χ3v) is 5.09. The first kappa shape index (κ1) is 21.3. The van der Waals surface area contributed by atoms with Gasteiger partial charge in [0, 0.05) is 34.4 Å². The first-order valence-electron chi connectivity index (χ1n) is 10.1. The van der Waals surface area contributed by atoms with E-state index >= 15 is 0 Å². The van der Waals surface area contributed by atoms with Crippen LogP contribution in [0.15, 0.2) is 93.1 Å². The Morgan fingerprint density at radius 1 is 0.818 bits per heavy atom. The summed E-state index contributed by atoms with van der Waals surface area (Å²) < 4.78 is 0. The summed E-state index contributed by atoms with van der Waals surface area (Å²) in [5, 5.41) is 10.1. The van der Waals surface area contributed by atoms with Crippen LogP contribution in [0, 0.1) is 0 Å². The molecule has 33 heavy (non-hydrogen) atoms. The quantitative estimate of drug-likeness (QED) is 0.133. The second-order valence-electron chi connectivity index (χ2n) is 7.10. The lowest BCUT2D eigenvalue weighted by atomic mass is 9.92. The largest absolute Gasteiger partial charge is 0.367 e. The molecule has 0 fully saturated rings. The monoisotopic (exact) mass is 437 g/mol. The number of hydrazone groups is 2. The minimum Gasteiger partial charge on any atom is -0.367 e. The number of nitrogens with one attached hydrogen (secondary N) is 1. The summed E-state index contributed by atoms with van der Waals surface area (Å²) in [4.78, 5) is 11.2. The average molecular weight is 438 g/mol. The van der Waals surface area contributed by atoms with Crippen molar-refractivity contribution in [1.29, 1.82) is 0 Å². The number of rotatable bonds is 1. The van der Waals surface area contributed by atoms with Gasteiger partial charge in [0.1, 0.15) is 0 Å². The highest BCUT2D eigenvalue weighted by Crippen LogP contribution is 2.28. The van der Waals surface area contributed by atoms with Crippen molar-refractivity contribution >= 4 is 51.6 Å². The van der Waals surface area contributed by atoms with Crippen LogP contribution >= 0.6 is 0 Å². The third kappa shape index (κ3) is 4.57. The number of aliphatic imine (C=N–C) groups is 2. The van der Waals surface area contributed by atoms with Crippen LogP contribution in [0.25, 0.3) is 27.8 Å². The van der Waals surface area contributed by atoms with Gasteiger partial charge in [-0.1, -0.05) is 60.7 Å². The Morgan fingerprint density at radius 2 is 1.58 bits per heavy atom. The molecule has 0 saturated carbocycles. The van der Waals surface area contributed by atoms with E-state index < -0.39 is 0 Å². The number of aromatic amines is 1. The van der Waals surface area contributed by atoms with Gasteiger partial charge in [0.2, 0.25) is 11.9 Å². The molecule has 1 aliphatic rings. The summed E-state index contributed by atoms with van der Waals surface area (Å²) >= 11 is 0. The molecule has 0 amide bonds. The molecule has 0 unspecified atom stereocenters. The summed E-state index contributed by atoms with van der Waals surface area (Å²) in [5.41, 5.74) is 15.9. The average Bonchev–Trinajstić information content (AvgIpc) is 3.28. The summed E-state index contributed by atoms with van der Waals surface area (Å²) in [6.07, 6.45) is 7.44. The maximum absolute atomic E-state index is 5.56. The van der Waals surface area contributed by atoms with Gasteiger partial charge in [0.05, 0.1) is 5.71 Å². The van der Waals surface area contributed by atoms with Crippen LogP contribution in [0.2, 0.25) is 0 Å². The zero-order valence-electron chi connectivity index (χ0n) is 17.7. The number of hydrogen-bond acceptors (Lipinski definition) is 4. The maximum atomic E-state index is 5.56. The fourth-order valence-electron chi connectivity index (χ4n) is 3.60. The Labute approximate surface area is 189 Å². The molecule has 1 aliphatic carbocycles. The summed E-state index contributed by atoms with van der Waals surface area (Å²) in [6.45, 7) is 0. The lowest BCUT2D eigenvalue weighted by Crippen LogP contribution is -2.15. The van der Waals surface area contributed by atoms with Gasteiger partial charge in [-0.3, -0.25) is 0 Å². The number of nitrogens with two attached hydrogens (primary N) is 4. The molecule has 4 aromatic rings. The van der Waals surface area contributed by atoms with Gasteiger partial charge in [0.25, 0.3) is 0 Å².